The fraction of sp³-hybridized carbons (Fsp3) is 0.867. The Morgan fingerprint density at radius 3 is 2.53 bits per heavy atom. The molecule has 2 fully saturated rings. The number of hydrogen-bond donors (Lipinski definition) is 1. The van der Waals surface area contributed by atoms with Crippen LogP contribution in [0.2, 0.25) is 0 Å². The molecule has 0 aromatic heterocycles. The lowest BCUT2D eigenvalue weighted by molar-refractivity contribution is -0.155. The number of aliphatic carboxylic acids is 1. The average molecular weight is 267 g/mol. The van der Waals surface area contributed by atoms with Crippen molar-refractivity contribution in [3.8, 4) is 0 Å². The van der Waals surface area contributed by atoms with Gasteiger partial charge >= 0.3 is 5.97 Å². The van der Waals surface area contributed by atoms with Crippen LogP contribution >= 0.6 is 0 Å². The van der Waals surface area contributed by atoms with E-state index in [4.69, 9.17) is 0 Å². The second-order valence-electron chi connectivity index (χ2n) is 6.21. The van der Waals surface area contributed by atoms with Gasteiger partial charge in [-0.3, -0.25) is 9.59 Å². The van der Waals surface area contributed by atoms with E-state index in [1.165, 1.54) is 12.8 Å². The van der Waals surface area contributed by atoms with E-state index in [9.17, 15) is 14.7 Å². The summed E-state index contributed by atoms with van der Waals surface area (Å²) in [6.07, 6.45) is 7.56. The lowest BCUT2D eigenvalue weighted by Crippen LogP contribution is -2.49. The fourth-order valence-electron chi connectivity index (χ4n) is 3.55. The van der Waals surface area contributed by atoms with Crippen molar-refractivity contribution in [2.75, 3.05) is 13.1 Å². The van der Waals surface area contributed by atoms with Gasteiger partial charge in [0.15, 0.2) is 0 Å². The number of carboxylic acid groups (broad SMARTS) is 1. The van der Waals surface area contributed by atoms with Gasteiger partial charge in [0, 0.05) is 19.5 Å². The summed E-state index contributed by atoms with van der Waals surface area (Å²) in [4.78, 5) is 25.6. The molecule has 1 unspecified atom stereocenters. The molecule has 0 spiro atoms. The van der Waals surface area contributed by atoms with E-state index >= 15 is 0 Å². The Morgan fingerprint density at radius 1 is 1.26 bits per heavy atom. The van der Waals surface area contributed by atoms with E-state index in [-0.39, 0.29) is 5.91 Å². The Morgan fingerprint density at radius 2 is 1.95 bits per heavy atom. The van der Waals surface area contributed by atoms with Gasteiger partial charge in [0.2, 0.25) is 5.91 Å². The van der Waals surface area contributed by atoms with Crippen molar-refractivity contribution in [1.82, 2.24) is 4.90 Å². The summed E-state index contributed by atoms with van der Waals surface area (Å²) in [5.74, 6) is -0.0330. The summed E-state index contributed by atoms with van der Waals surface area (Å²) in [5, 5.41) is 9.43. The quantitative estimate of drug-likeness (QED) is 0.852. The summed E-state index contributed by atoms with van der Waals surface area (Å²) in [5.41, 5.74) is -0.705. The van der Waals surface area contributed by atoms with Crippen molar-refractivity contribution < 1.29 is 14.7 Å². The number of carbonyl (C=O) groups is 2. The number of piperidine rings is 1. The molecule has 0 aromatic rings. The molecule has 4 nitrogen and oxygen atoms in total. The smallest absolute Gasteiger partial charge is 0.311 e. The monoisotopic (exact) mass is 267 g/mol. The highest BCUT2D eigenvalue weighted by molar-refractivity contribution is 5.79. The van der Waals surface area contributed by atoms with Gasteiger partial charge in [0.1, 0.15) is 0 Å². The minimum Gasteiger partial charge on any atom is -0.481 e. The van der Waals surface area contributed by atoms with Gasteiger partial charge in [-0.15, -0.1) is 0 Å². The predicted octanol–water partition coefficient (Wildman–Crippen LogP) is 2.67. The Bertz CT molecular complexity index is 349. The molecule has 108 valence electrons. The number of amides is 1. The van der Waals surface area contributed by atoms with Crippen LogP contribution in [0.5, 0.6) is 0 Å². The third kappa shape index (κ3) is 3.10. The van der Waals surface area contributed by atoms with Crippen molar-refractivity contribution in [3.05, 3.63) is 0 Å². The van der Waals surface area contributed by atoms with E-state index < -0.39 is 11.4 Å². The maximum absolute atomic E-state index is 12.3. The topological polar surface area (TPSA) is 57.6 Å². The second kappa shape index (κ2) is 5.93. The molecule has 1 amide bonds. The van der Waals surface area contributed by atoms with Crippen molar-refractivity contribution in [1.29, 1.82) is 0 Å². The van der Waals surface area contributed by atoms with E-state index in [0.29, 0.717) is 31.7 Å². The third-order valence-electron chi connectivity index (χ3n) is 5.00. The summed E-state index contributed by atoms with van der Waals surface area (Å²) < 4.78 is 0. The molecule has 1 aliphatic carbocycles. The molecular weight excluding hydrogens is 242 g/mol. The highest BCUT2D eigenvalue weighted by Gasteiger charge is 2.42. The molecule has 2 rings (SSSR count). The summed E-state index contributed by atoms with van der Waals surface area (Å²) in [6, 6.07) is 0. The normalized spacial score (nSPS) is 28.6. The highest BCUT2D eigenvalue weighted by atomic mass is 16.4. The first-order chi connectivity index (χ1) is 9.07. The van der Waals surface area contributed by atoms with Gasteiger partial charge in [-0.05, 0) is 38.0 Å². The first-order valence-corrected chi connectivity index (χ1v) is 7.58. The molecule has 1 saturated carbocycles. The summed E-state index contributed by atoms with van der Waals surface area (Å²) >= 11 is 0. The Balaban J connectivity index is 1.96. The fourth-order valence-corrected chi connectivity index (χ4v) is 3.55. The number of carbonyl (C=O) groups excluding carboxylic acids is 1. The standard InChI is InChI=1S/C15H25NO3/c1-2-15(14(18)19)8-5-9-16(11-15)13(17)10-12-6-3-4-7-12/h12H,2-11H2,1H3,(H,18,19). The molecule has 1 saturated heterocycles. The summed E-state index contributed by atoms with van der Waals surface area (Å²) in [6.45, 7) is 3.06. The Hall–Kier alpha value is -1.06. The second-order valence-corrected chi connectivity index (χ2v) is 6.21. The molecule has 1 heterocycles. The van der Waals surface area contributed by atoms with Gasteiger partial charge in [0.05, 0.1) is 5.41 Å². The van der Waals surface area contributed by atoms with Gasteiger partial charge in [0.25, 0.3) is 0 Å². The maximum Gasteiger partial charge on any atom is 0.311 e. The van der Waals surface area contributed by atoms with E-state index in [0.717, 1.165) is 25.8 Å². The zero-order valence-electron chi connectivity index (χ0n) is 11.9. The van der Waals surface area contributed by atoms with Gasteiger partial charge in [-0.2, -0.15) is 0 Å². The minimum atomic E-state index is -0.742. The van der Waals surface area contributed by atoms with Crippen LogP contribution in [0.15, 0.2) is 0 Å². The Labute approximate surface area is 115 Å². The van der Waals surface area contributed by atoms with Crippen LogP contribution in [-0.2, 0) is 9.59 Å². The average Bonchev–Trinajstić information content (AvgIpc) is 2.91. The maximum atomic E-state index is 12.3. The molecule has 1 N–H and O–H groups in total. The molecule has 4 heteroatoms. The van der Waals surface area contributed by atoms with Crippen LogP contribution in [0.3, 0.4) is 0 Å². The van der Waals surface area contributed by atoms with Crippen molar-refractivity contribution in [2.24, 2.45) is 11.3 Å². The van der Waals surface area contributed by atoms with Crippen LogP contribution in [0.25, 0.3) is 0 Å². The summed E-state index contributed by atoms with van der Waals surface area (Å²) in [7, 11) is 0. The minimum absolute atomic E-state index is 0.172. The Kier molecular flexibility index (Phi) is 4.48. The zero-order chi connectivity index (χ0) is 13.9. The lowest BCUT2D eigenvalue weighted by Gasteiger charge is -2.39. The lowest BCUT2D eigenvalue weighted by atomic mass is 9.77. The van der Waals surface area contributed by atoms with Crippen LogP contribution < -0.4 is 0 Å². The number of likely N-dealkylation sites (tertiary alicyclic amines) is 1. The molecule has 1 atom stereocenters. The number of hydrogen-bond acceptors (Lipinski definition) is 2. The van der Waals surface area contributed by atoms with Crippen LogP contribution in [0.1, 0.15) is 58.3 Å². The van der Waals surface area contributed by atoms with E-state index in [1.54, 1.807) is 4.90 Å². The predicted molar refractivity (Wildman–Crippen MR) is 72.7 cm³/mol. The van der Waals surface area contributed by atoms with Gasteiger partial charge in [-0.25, -0.2) is 0 Å². The van der Waals surface area contributed by atoms with Crippen LogP contribution in [-0.4, -0.2) is 35.0 Å². The molecule has 2 aliphatic rings. The number of rotatable bonds is 4. The van der Waals surface area contributed by atoms with Crippen LogP contribution in [0.4, 0.5) is 0 Å². The first-order valence-electron chi connectivity index (χ1n) is 7.58. The van der Waals surface area contributed by atoms with Crippen molar-refractivity contribution in [2.45, 2.75) is 58.3 Å². The number of nitrogens with zero attached hydrogens (tertiary/aromatic N) is 1. The third-order valence-corrected chi connectivity index (χ3v) is 5.00. The zero-order valence-corrected chi connectivity index (χ0v) is 11.9. The van der Waals surface area contributed by atoms with Crippen LogP contribution in [0, 0.1) is 11.3 Å². The largest absolute Gasteiger partial charge is 0.481 e. The number of carboxylic acids is 1. The van der Waals surface area contributed by atoms with E-state index in [1.807, 2.05) is 6.92 Å². The molecule has 0 aromatic carbocycles. The molecule has 1 aliphatic heterocycles. The molecule has 0 radical (unpaired) electrons. The van der Waals surface area contributed by atoms with E-state index in [2.05, 4.69) is 0 Å². The van der Waals surface area contributed by atoms with Gasteiger partial charge in [-0.1, -0.05) is 19.8 Å². The highest BCUT2D eigenvalue weighted by Crippen LogP contribution is 2.35. The van der Waals surface area contributed by atoms with Crippen molar-refractivity contribution in [3.63, 3.8) is 0 Å². The van der Waals surface area contributed by atoms with Gasteiger partial charge < -0.3 is 10.0 Å². The van der Waals surface area contributed by atoms with Crippen molar-refractivity contribution >= 4 is 11.9 Å². The molecule has 19 heavy (non-hydrogen) atoms. The molecule has 0 bridgehead atoms. The first kappa shape index (κ1) is 14.4. The molecular formula is C15H25NO3. The SMILES string of the molecule is CCC1(C(=O)O)CCCN(C(=O)CC2CCCC2)C1.